The Bertz CT molecular complexity index is 437. The molecule has 1 atom stereocenters. The fourth-order valence-corrected chi connectivity index (χ4v) is 2.61. The molecule has 1 unspecified atom stereocenters. The van der Waals surface area contributed by atoms with Crippen molar-refractivity contribution in [1.29, 1.82) is 0 Å². The molecule has 2 rings (SSSR count). The number of halogens is 1. The van der Waals surface area contributed by atoms with E-state index in [1.54, 1.807) is 6.07 Å². The molecule has 2 heteroatoms. The second-order valence-electron chi connectivity index (χ2n) is 5.14. The van der Waals surface area contributed by atoms with Crippen LogP contribution in [0.25, 0.3) is 0 Å². The van der Waals surface area contributed by atoms with Gasteiger partial charge in [0, 0.05) is 0 Å². The van der Waals surface area contributed by atoms with E-state index >= 15 is 0 Å². The van der Waals surface area contributed by atoms with Gasteiger partial charge < -0.3 is 5.11 Å². The smallest absolute Gasteiger partial charge is 0.123 e. The van der Waals surface area contributed by atoms with E-state index < -0.39 is 6.10 Å². The van der Waals surface area contributed by atoms with Crippen LogP contribution in [0.1, 0.15) is 55.8 Å². The maximum absolute atomic E-state index is 13.1. The molecule has 0 aliphatic heterocycles. The summed E-state index contributed by atoms with van der Waals surface area (Å²) in [4.78, 5) is 0. The van der Waals surface area contributed by atoms with Gasteiger partial charge in [-0.15, -0.1) is 0 Å². The molecule has 0 heterocycles. The summed E-state index contributed by atoms with van der Waals surface area (Å²) in [6.07, 6.45) is 8.49. The van der Waals surface area contributed by atoms with Gasteiger partial charge in [0.05, 0.1) is 0 Å². The fraction of sp³-hybridized carbons (Fsp3) is 0.500. The predicted octanol–water partition coefficient (Wildman–Crippen LogP) is 4.45. The molecule has 98 valence electrons. The second-order valence-corrected chi connectivity index (χ2v) is 5.14. The lowest BCUT2D eigenvalue weighted by molar-refractivity contribution is 0.208. The molecule has 1 aliphatic rings. The Morgan fingerprint density at radius 3 is 2.72 bits per heavy atom. The first-order valence-corrected chi connectivity index (χ1v) is 6.81. The molecular formula is C16H21FO. The molecule has 0 radical (unpaired) electrons. The lowest BCUT2D eigenvalue weighted by Crippen LogP contribution is -2.05. The van der Waals surface area contributed by atoms with E-state index in [-0.39, 0.29) is 5.82 Å². The standard InChI is InChI=1S/C16H21FO/c1-12-11-14(17)9-10-15(12)16(18)13-7-5-3-2-4-6-8-13/h7,9-11,16,18H,2-6,8H2,1H3/b13-7+. The molecule has 1 N–H and O–H groups in total. The zero-order valence-electron chi connectivity index (χ0n) is 11.0. The highest BCUT2D eigenvalue weighted by atomic mass is 19.1. The first-order valence-electron chi connectivity index (χ1n) is 6.81. The zero-order chi connectivity index (χ0) is 13.0. The van der Waals surface area contributed by atoms with E-state index in [4.69, 9.17) is 0 Å². The van der Waals surface area contributed by atoms with Crippen molar-refractivity contribution in [2.24, 2.45) is 0 Å². The maximum Gasteiger partial charge on any atom is 0.123 e. The Hall–Kier alpha value is -1.15. The quantitative estimate of drug-likeness (QED) is 0.767. The number of hydrogen-bond donors (Lipinski definition) is 1. The fourth-order valence-electron chi connectivity index (χ4n) is 2.61. The molecule has 1 nitrogen and oxygen atoms in total. The van der Waals surface area contributed by atoms with Crippen LogP contribution in [0.4, 0.5) is 4.39 Å². The number of hydrogen-bond acceptors (Lipinski definition) is 1. The van der Waals surface area contributed by atoms with Crippen LogP contribution in [0.5, 0.6) is 0 Å². The molecule has 0 fully saturated rings. The van der Waals surface area contributed by atoms with Gasteiger partial charge in [-0.25, -0.2) is 4.39 Å². The van der Waals surface area contributed by atoms with Gasteiger partial charge in [-0.05, 0) is 61.4 Å². The van der Waals surface area contributed by atoms with Gasteiger partial charge >= 0.3 is 0 Å². The minimum atomic E-state index is -0.566. The first kappa shape index (κ1) is 13.3. The molecule has 0 aromatic heterocycles. The Balaban J connectivity index is 2.20. The van der Waals surface area contributed by atoms with Crippen molar-refractivity contribution < 1.29 is 9.50 Å². The average molecular weight is 248 g/mol. The Morgan fingerprint density at radius 2 is 1.94 bits per heavy atom. The topological polar surface area (TPSA) is 20.2 Å². The van der Waals surface area contributed by atoms with Crippen molar-refractivity contribution in [1.82, 2.24) is 0 Å². The van der Waals surface area contributed by atoms with Gasteiger partial charge in [0.25, 0.3) is 0 Å². The molecule has 0 saturated heterocycles. The molecule has 1 aliphatic carbocycles. The summed E-state index contributed by atoms with van der Waals surface area (Å²) in [5.41, 5.74) is 2.76. The third-order valence-electron chi connectivity index (χ3n) is 3.70. The molecular weight excluding hydrogens is 227 g/mol. The third kappa shape index (κ3) is 3.20. The van der Waals surface area contributed by atoms with E-state index in [1.165, 1.54) is 31.4 Å². The highest BCUT2D eigenvalue weighted by Crippen LogP contribution is 2.30. The number of aryl methyl sites for hydroxylation is 1. The summed E-state index contributed by atoms with van der Waals surface area (Å²) in [7, 11) is 0. The summed E-state index contributed by atoms with van der Waals surface area (Å²) < 4.78 is 13.1. The van der Waals surface area contributed by atoms with Crippen LogP contribution in [0.2, 0.25) is 0 Å². The van der Waals surface area contributed by atoms with E-state index in [0.29, 0.717) is 0 Å². The summed E-state index contributed by atoms with van der Waals surface area (Å²) >= 11 is 0. The van der Waals surface area contributed by atoms with Gasteiger partial charge in [0.1, 0.15) is 11.9 Å². The molecule has 0 saturated carbocycles. The molecule has 1 aromatic carbocycles. The van der Waals surface area contributed by atoms with Crippen molar-refractivity contribution in [3.63, 3.8) is 0 Å². The number of aliphatic hydroxyl groups excluding tert-OH is 1. The van der Waals surface area contributed by atoms with Crippen molar-refractivity contribution in [3.05, 3.63) is 46.8 Å². The number of allylic oxidation sites excluding steroid dienone is 1. The average Bonchev–Trinajstić information content (AvgIpc) is 2.27. The lowest BCUT2D eigenvalue weighted by Gasteiger charge is -2.19. The largest absolute Gasteiger partial charge is 0.384 e. The number of aliphatic hydroxyl groups is 1. The summed E-state index contributed by atoms with van der Waals surface area (Å²) in [6, 6.07) is 4.62. The van der Waals surface area contributed by atoms with E-state index in [2.05, 4.69) is 6.08 Å². The van der Waals surface area contributed by atoms with Gasteiger partial charge in [0.2, 0.25) is 0 Å². The van der Waals surface area contributed by atoms with Crippen molar-refractivity contribution in [2.75, 3.05) is 0 Å². The Morgan fingerprint density at radius 1 is 1.17 bits per heavy atom. The SMILES string of the molecule is Cc1cc(F)ccc1C(O)/C1=C/CCCCCC1. The van der Waals surface area contributed by atoms with Crippen molar-refractivity contribution in [2.45, 2.75) is 51.6 Å². The van der Waals surface area contributed by atoms with Gasteiger partial charge in [-0.1, -0.05) is 25.0 Å². The van der Waals surface area contributed by atoms with Gasteiger partial charge in [0.15, 0.2) is 0 Å². The maximum atomic E-state index is 13.1. The van der Waals surface area contributed by atoms with Crippen LogP contribution in [0, 0.1) is 12.7 Å². The predicted molar refractivity (Wildman–Crippen MR) is 71.9 cm³/mol. The van der Waals surface area contributed by atoms with E-state index in [9.17, 15) is 9.50 Å². The van der Waals surface area contributed by atoms with Crippen LogP contribution in [0.3, 0.4) is 0 Å². The zero-order valence-corrected chi connectivity index (χ0v) is 11.0. The molecule has 0 bridgehead atoms. The summed E-state index contributed by atoms with van der Waals surface area (Å²) in [6.45, 7) is 1.85. The minimum absolute atomic E-state index is 0.241. The first-order chi connectivity index (χ1) is 8.68. The molecule has 0 amide bonds. The monoisotopic (exact) mass is 248 g/mol. The van der Waals surface area contributed by atoms with E-state index in [0.717, 1.165) is 36.0 Å². The molecule has 0 spiro atoms. The Labute approximate surface area is 108 Å². The van der Waals surface area contributed by atoms with Crippen molar-refractivity contribution in [3.8, 4) is 0 Å². The van der Waals surface area contributed by atoms with Crippen LogP contribution >= 0.6 is 0 Å². The molecule has 1 aromatic rings. The highest BCUT2D eigenvalue weighted by Gasteiger charge is 2.16. The Kier molecular flexibility index (Phi) is 4.54. The van der Waals surface area contributed by atoms with Crippen LogP contribution in [-0.4, -0.2) is 5.11 Å². The molecule has 18 heavy (non-hydrogen) atoms. The van der Waals surface area contributed by atoms with E-state index in [1.807, 2.05) is 6.92 Å². The van der Waals surface area contributed by atoms with Gasteiger partial charge in [-0.3, -0.25) is 0 Å². The van der Waals surface area contributed by atoms with Crippen molar-refractivity contribution >= 4 is 0 Å². The highest BCUT2D eigenvalue weighted by molar-refractivity contribution is 5.33. The van der Waals surface area contributed by atoms with Gasteiger partial charge in [-0.2, -0.15) is 0 Å². The summed E-state index contributed by atoms with van der Waals surface area (Å²) in [5.74, 6) is -0.241. The van der Waals surface area contributed by atoms with Crippen LogP contribution < -0.4 is 0 Å². The lowest BCUT2D eigenvalue weighted by atomic mass is 9.91. The normalized spacial score (nSPS) is 21.6. The third-order valence-corrected chi connectivity index (χ3v) is 3.70. The van der Waals surface area contributed by atoms with Crippen LogP contribution in [-0.2, 0) is 0 Å². The number of benzene rings is 1. The number of rotatable bonds is 2. The summed E-state index contributed by atoms with van der Waals surface area (Å²) in [5, 5.41) is 10.4. The van der Waals surface area contributed by atoms with Crippen LogP contribution in [0.15, 0.2) is 29.8 Å². The minimum Gasteiger partial charge on any atom is -0.384 e. The second kappa shape index (κ2) is 6.14.